The van der Waals surface area contributed by atoms with Gasteiger partial charge in [-0.15, -0.1) is 10.2 Å². The molecule has 200 valence electrons. The number of phenols is 4. The fraction of sp³-hybridized carbons (Fsp3) is 0. The van der Waals surface area contributed by atoms with E-state index in [9.17, 15) is 40.2 Å². The van der Waals surface area contributed by atoms with E-state index in [4.69, 9.17) is 0 Å². The van der Waals surface area contributed by atoms with Gasteiger partial charge in [0, 0.05) is 12.1 Å². The molecule has 0 saturated heterocycles. The average molecular weight is 540 g/mol. The molecule has 0 aliphatic carbocycles. The Morgan fingerprint density at radius 1 is 0.525 bits per heavy atom. The maximum Gasteiger partial charge on any atom is 0.338 e. The molecular formula is C28H20N4O8. The van der Waals surface area contributed by atoms with Gasteiger partial charge in [-0.3, -0.25) is 0 Å². The van der Waals surface area contributed by atoms with Gasteiger partial charge in [-0.2, -0.15) is 10.2 Å². The van der Waals surface area contributed by atoms with Gasteiger partial charge in [-0.1, -0.05) is 36.4 Å². The molecule has 12 nitrogen and oxygen atoms in total. The van der Waals surface area contributed by atoms with E-state index in [2.05, 4.69) is 20.5 Å². The predicted octanol–water partition coefficient (Wildman–Crippen LogP) is 6.91. The summed E-state index contributed by atoms with van der Waals surface area (Å²) in [6, 6.07) is 17.5. The molecule has 0 spiro atoms. The van der Waals surface area contributed by atoms with Crippen LogP contribution in [0, 0.1) is 0 Å². The number of aromatic hydroxyl groups is 4. The minimum Gasteiger partial charge on any atom is -0.508 e. The molecule has 4 aromatic carbocycles. The number of carboxylic acid groups (broad SMARTS) is 2. The van der Waals surface area contributed by atoms with Crippen molar-refractivity contribution in [2.75, 3.05) is 0 Å². The maximum atomic E-state index is 11.4. The molecule has 12 heteroatoms. The fourth-order valence-corrected chi connectivity index (χ4v) is 3.46. The lowest BCUT2D eigenvalue weighted by molar-refractivity contribution is 0.0686. The largest absolute Gasteiger partial charge is 0.508 e. The summed E-state index contributed by atoms with van der Waals surface area (Å²) in [4.78, 5) is 22.7. The van der Waals surface area contributed by atoms with Crippen molar-refractivity contribution in [1.82, 2.24) is 0 Å². The molecule has 0 amide bonds. The van der Waals surface area contributed by atoms with Crippen molar-refractivity contribution in [3.63, 3.8) is 0 Å². The summed E-state index contributed by atoms with van der Waals surface area (Å²) >= 11 is 0. The van der Waals surface area contributed by atoms with Crippen LogP contribution in [-0.4, -0.2) is 42.6 Å². The number of benzene rings is 4. The lowest BCUT2D eigenvalue weighted by Crippen LogP contribution is -1.96. The van der Waals surface area contributed by atoms with Crippen molar-refractivity contribution >= 4 is 46.8 Å². The van der Waals surface area contributed by atoms with E-state index < -0.39 is 46.1 Å². The molecule has 0 aromatic heterocycles. The second kappa shape index (κ2) is 11.6. The Bertz CT molecular complexity index is 1550. The van der Waals surface area contributed by atoms with Crippen LogP contribution in [0.2, 0.25) is 0 Å². The molecule has 0 bridgehead atoms. The second-order valence-corrected chi connectivity index (χ2v) is 8.25. The van der Waals surface area contributed by atoms with Crippen molar-refractivity contribution in [2.24, 2.45) is 20.5 Å². The number of azo groups is 2. The Balaban J connectivity index is 1.44. The molecule has 0 aliphatic rings. The summed E-state index contributed by atoms with van der Waals surface area (Å²) in [7, 11) is 0. The Kier molecular flexibility index (Phi) is 7.81. The standard InChI is InChI=1S/C28H20N4O8/c33-19-11-21(27(37)38)25(23(35)13-19)31-29-17-7-3-15(4-8-17)1-2-16-5-9-18(10-6-16)30-32-26-22(28(39)40)12-20(34)14-24(26)36/h1-14,33-36H,(H,37,38)(H,39,40)/b2-1+,31-29?,32-30?. The second-order valence-electron chi connectivity index (χ2n) is 8.25. The smallest absolute Gasteiger partial charge is 0.338 e. The molecule has 6 N–H and O–H groups in total. The number of carboxylic acids is 2. The minimum atomic E-state index is -1.37. The number of phenolic OH excluding ortho intramolecular Hbond substituents is 4. The van der Waals surface area contributed by atoms with Crippen LogP contribution in [0.1, 0.15) is 31.8 Å². The average Bonchev–Trinajstić information content (AvgIpc) is 2.91. The zero-order valence-corrected chi connectivity index (χ0v) is 20.4. The third kappa shape index (κ3) is 6.44. The molecule has 0 saturated carbocycles. The van der Waals surface area contributed by atoms with Crippen LogP contribution < -0.4 is 0 Å². The molecule has 4 aromatic rings. The van der Waals surface area contributed by atoms with Crippen molar-refractivity contribution in [3.05, 3.63) is 95.1 Å². The SMILES string of the molecule is O=C(O)c1cc(O)cc(O)c1N=Nc1ccc(/C=C/c2ccc(N=Nc3c(O)cc(O)cc3C(=O)O)cc2)cc1. The molecule has 0 fully saturated rings. The monoisotopic (exact) mass is 540 g/mol. The number of aromatic carboxylic acids is 2. The third-order valence-corrected chi connectivity index (χ3v) is 5.40. The summed E-state index contributed by atoms with van der Waals surface area (Å²) in [5.41, 5.74) is 1.12. The van der Waals surface area contributed by atoms with Gasteiger partial charge in [0.05, 0.1) is 22.5 Å². The highest BCUT2D eigenvalue weighted by atomic mass is 16.4. The van der Waals surface area contributed by atoms with E-state index in [0.717, 1.165) is 35.4 Å². The molecule has 0 unspecified atom stereocenters. The van der Waals surface area contributed by atoms with Gasteiger partial charge in [-0.25, -0.2) is 9.59 Å². The van der Waals surface area contributed by atoms with Gasteiger partial charge in [0.1, 0.15) is 34.4 Å². The van der Waals surface area contributed by atoms with Gasteiger partial charge in [0.2, 0.25) is 0 Å². The predicted molar refractivity (Wildman–Crippen MR) is 144 cm³/mol. The molecule has 0 radical (unpaired) electrons. The van der Waals surface area contributed by atoms with E-state index in [-0.39, 0.29) is 11.4 Å². The molecule has 0 heterocycles. The fourth-order valence-electron chi connectivity index (χ4n) is 3.46. The lowest BCUT2D eigenvalue weighted by atomic mass is 10.1. The summed E-state index contributed by atoms with van der Waals surface area (Å²) in [6.07, 6.45) is 3.67. The highest BCUT2D eigenvalue weighted by Gasteiger charge is 2.17. The number of rotatable bonds is 8. The van der Waals surface area contributed by atoms with Crippen LogP contribution in [0.25, 0.3) is 12.2 Å². The molecule has 4 rings (SSSR count). The summed E-state index contributed by atoms with van der Waals surface area (Å²) < 4.78 is 0. The van der Waals surface area contributed by atoms with Gasteiger partial charge < -0.3 is 30.6 Å². The molecule has 40 heavy (non-hydrogen) atoms. The zero-order chi connectivity index (χ0) is 28.8. The topological polar surface area (TPSA) is 205 Å². The summed E-state index contributed by atoms with van der Waals surface area (Å²) in [5.74, 6) is -4.60. The Morgan fingerprint density at radius 2 is 0.875 bits per heavy atom. The first kappa shape index (κ1) is 27.0. The summed E-state index contributed by atoms with van der Waals surface area (Å²) in [6.45, 7) is 0. The first-order valence-corrected chi connectivity index (χ1v) is 11.4. The first-order chi connectivity index (χ1) is 19.1. The highest BCUT2D eigenvalue weighted by Crippen LogP contribution is 2.37. The maximum absolute atomic E-state index is 11.4. The molecule has 0 aliphatic heterocycles. The molecular weight excluding hydrogens is 520 g/mol. The minimum absolute atomic E-state index is 0.278. The van der Waals surface area contributed by atoms with Crippen LogP contribution >= 0.6 is 0 Å². The van der Waals surface area contributed by atoms with Crippen LogP contribution in [0.5, 0.6) is 23.0 Å². The Labute approximate surface area is 225 Å². The molecule has 0 atom stereocenters. The van der Waals surface area contributed by atoms with E-state index in [0.29, 0.717) is 11.4 Å². The van der Waals surface area contributed by atoms with E-state index >= 15 is 0 Å². The van der Waals surface area contributed by atoms with Crippen molar-refractivity contribution < 1.29 is 40.2 Å². The number of nitrogens with zero attached hydrogens (tertiary/aromatic N) is 4. The van der Waals surface area contributed by atoms with Gasteiger partial charge >= 0.3 is 11.9 Å². The van der Waals surface area contributed by atoms with E-state index in [1.165, 1.54) is 0 Å². The van der Waals surface area contributed by atoms with Crippen LogP contribution in [0.3, 0.4) is 0 Å². The third-order valence-electron chi connectivity index (χ3n) is 5.40. The number of hydrogen-bond acceptors (Lipinski definition) is 10. The quantitative estimate of drug-likeness (QED) is 0.102. The van der Waals surface area contributed by atoms with Gasteiger partial charge in [0.25, 0.3) is 0 Å². The highest BCUT2D eigenvalue weighted by molar-refractivity contribution is 5.96. The zero-order valence-electron chi connectivity index (χ0n) is 20.4. The summed E-state index contributed by atoms with van der Waals surface area (Å²) in [5, 5.41) is 72.9. The van der Waals surface area contributed by atoms with Gasteiger partial charge in [0.15, 0.2) is 0 Å². The van der Waals surface area contributed by atoms with Crippen LogP contribution in [0.15, 0.2) is 93.3 Å². The number of carbonyl (C=O) groups is 2. The van der Waals surface area contributed by atoms with E-state index in [1.807, 2.05) is 12.2 Å². The Hall–Kier alpha value is -6.04. The van der Waals surface area contributed by atoms with Crippen molar-refractivity contribution in [1.29, 1.82) is 0 Å². The normalized spacial score (nSPS) is 11.5. The van der Waals surface area contributed by atoms with Crippen LogP contribution in [-0.2, 0) is 0 Å². The first-order valence-electron chi connectivity index (χ1n) is 11.4. The lowest BCUT2D eigenvalue weighted by Gasteiger charge is -2.04. The van der Waals surface area contributed by atoms with E-state index in [1.54, 1.807) is 48.5 Å². The van der Waals surface area contributed by atoms with Crippen molar-refractivity contribution in [3.8, 4) is 23.0 Å². The number of hydrogen-bond donors (Lipinski definition) is 6. The van der Waals surface area contributed by atoms with Gasteiger partial charge in [-0.05, 0) is 47.5 Å². The Morgan fingerprint density at radius 3 is 1.20 bits per heavy atom. The van der Waals surface area contributed by atoms with Crippen LogP contribution in [0.4, 0.5) is 22.7 Å². The van der Waals surface area contributed by atoms with Crippen molar-refractivity contribution in [2.45, 2.75) is 0 Å².